The molecule has 1 fully saturated rings. The summed E-state index contributed by atoms with van der Waals surface area (Å²) in [6.07, 6.45) is 5.08. The Morgan fingerprint density at radius 2 is 2.18 bits per heavy atom. The summed E-state index contributed by atoms with van der Waals surface area (Å²) in [6.45, 7) is 5.16. The van der Waals surface area contributed by atoms with Crippen LogP contribution in [0.25, 0.3) is 0 Å². The van der Waals surface area contributed by atoms with Crippen LogP contribution in [0.15, 0.2) is 18.2 Å². The fraction of sp³-hybridized carbons (Fsp3) is 0.600. The SMILES string of the molecule is CCNC(Cc1ccc(F)cc1C)CC1CC1. The molecule has 2 rings (SSSR count). The van der Waals surface area contributed by atoms with Gasteiger partial charge in [0.1, 0.15) is 5.82 Å². The van der Waals surface area contributed by atoms with Crippen LogP contribution in [-0.2, 0) is 6.42 Å². The van der Waals surface area contributed by atoms with Gasteiger partial charge < -0.3 is 5.32 Å². The zero-order chi connectivity index (χ0) is 12.3. The Kier molecular flexibility index (Phi) is 4.16. The summed E-state index contributed by atoms with van der Waals surface area (Å²) in [5, 5.41) is 3.55. The fourth-order valence-electron chi connectivity index (χ4n) is 2.44. The molecule has 1 nitrogen and oxygen atoms in total. The zero-order valence-electron chi connectivity index (χ0n) is 10.8. The Bertz CT molecular complexity index is 371. The third-order valence-corrected chi connectivity index (χ3v) is 3.58. The van der Waals surface area contributed by atoms with Crippen LogP contribution in [0.1, 0.15) is 37.3 Å². The molecule has 1 aromatic carbocycles. The zero-order valence-corrected chi connectivity index (χ0v) is 10.8. The highest BCUT2D eigenvalue weighted by Gasteiger charge is 2.25. The lowest BCUT2D eigenvalue weighted by molar-refractivity contribution is 0.465. The average Bonchev–Trinajstić information content (AvgIpc) is 3.06. The highest BCUT2D eigenvalue weighted by atomic mass is 19.1. The first-order chi connectivity index (χ1) is 8.19. The lowest BCUT2D eigenvalue weighted by Crippen LogP contribution is -2.31. The van der Waals surface area contributed by atoms with Crippen molar-refractivity contribution in [1.29, 1.82) is 0 Å². The normalized spacial score (nSPS) is 17.1. The van der Waals surface area contributed by atoms with Crippen LogP contribution in [0.3, 0.4) is 0 Å². The van der Waals surface area contributed by atoms with Crippen LogP contribution in [0, 0.1) is 18.7 Å². The van der Waals surface area contributed by atoms with E-state index in [2.05, 4.69) is 12.2 Å². The Balaban J connectivity index is 1.99. The van der Waals surface area contributed by atoms with Crippen molar-refractivity contribution in [2.75, 3.05) is 6.54 Å². The molecule has 1 aromatic rings. The number of halogens is 1. The van der Waals surface area contributed by atoms with E-state index >= 15 is 0 Å². The molecule has 2 heteroatoms. The van der Waals surface area contributed by atoms with Crippen molar-refractivity contribution in [2.24, 2.45) is 5.92 Å². The Morgan fingerprint density at radius 3 is 2.76 bits per heavy atom. The van der Waals surface area contributed by atoms with Crippen LogP contribution in [0.2, 0.25) is 0 Å². The molecular formula is C15H22FN. The maximum Gasteiger partial charge on any atom is 0.123 e. The Labute approximate surface area is 103 Å². The van der Waals surface area contributed by atoms with E-state index in [1.54, 1.807) is 12.1 Å². The molecule has 17 heavy (non-hydrogen) atoms. The van der Waals surface area contributed by atoms with Gasteiger partial charge in [-0.3, -0.25) is 0 Å². The van der Waals surface area contributed by atoms with Gasteiger partial charge in [0.2, 0.25) is 0 Å². The van der Waals surface area contributed by atoms with Gasteiger partial charge in [-0.15, -0.1) is 0 Å². The topological polar surface area (TPSA) is 12.0 Å². The minimum Gasteiger partial charge on any atom is -0.314 e. The molecule has 1 unspecified atom stereocenters. The summed E-state index contributed by atoms with van der Waals surface area (Å²) in [5.74, 6) is 0.799. The number of hydrogen-bond donors (Lipinski definition) is 1. The van der Waals surface area contributed by atoms with Gasteiger partial charge in [0.25, 0.3) is 0 Å². The number of rotatable bonds is 6. The van der Waals surface area contributed by atoms with Crippen molar-refractivity contribution in [2.45, 2.75) is 45.6 Å². The van der Waals surface area contributed by atoms with Crippen LogP contribution >= 0.6 is 0 Å². The predicted octanol–water partition coefficient (Wildman–Crippen LogP) is 3.45. The molecule has 0 heterocycles. The van der Waals surface area contributed by atoms with E-state index < -0.39 is 0 Å². The number of likely N-dealkylation sites (N-methyl/N-ethyl adjacent to an activating group) is 1. The molecule has 1 aliphatic rings. The molecule has 0 aromatic heterocycles. The van der Waals surface area contributed by atoms with Crippen molar-refractivity contribution >= 4 is 0 Å². The van der Waals surface area contributed by atoms with Crippen molar-refractivity contribution in [3.8, 4) is 0 Å². The van der Waals surface area contributed by atoms with Gasteiger partial charge in [-0.05, 0) is 55.5 Å². The second kappa shape index (κ2) is 5.63. The first-order valence-corrected chi connectivity index (χ1v) is 6.67. The Morgan fingerprint density at radius 1 is 1.41 bits per heavy atom. The molecule has 0 spiro atoms. The number of aryl methyl sites for hydroxylation is 1. The third kappa shape index (κ3) is 3.81. The first kappa shape index (κ1) is 12.6. The van der Waals surface area contributed by atoms with Crippen LogP contribution in [0.5, 0.6) is 0 Å². The molecule has 0 saturated heterocycles. The smallest absolute Gasteiger partial charge is 0.123 e. The highest BCUT2D eigenvalue weighted by molar-refractivity contribution is 5.27. The second-order valence-electron chi connectivity index (χ2n) is 5.21. The van der Waals surface area contributed by atoms with Crippen molar-refractivity contribution < 1.29 is 4.39 Å². The highest BCUT2D eigenvalue weighted by Crippen LogP contribution is 2.34. The van der Waals surface area contributed by atoms with E-state index in [4.69, 9.17) is 0 Å². The van der Waals surface area contributed by atoms with Gasteiger partial charge in [0, 0.05) is 6.04 Å². The first-order valence-electron chi connectivity index (χ1n) is 6.67. The van der Waals surface area contributed by atoms with E-state index in [0.29, 0.717) is 6.04 Å². The van der Waals surface area contributed by atoms with Crippen molar-refractivity contribution in [1.82, 2.24) is 5.32 Å². The lowest BCUT2D eigenvalue weighted by atomic mass is 9.97. The average molecular weight is 235 g/mol. The van der Waals surface area contributed by atoms with Gasteiger partial charge in [0.05, 0.1) is 0 Å². The standard InChI is InChI=1S/C15H22FN/c1-3-17-15(9-12-4-5-12)10-13-6-7-14(16)8-11(13)2/h6-8,12,15,17H,3-5,9-10H2,1-2H3. The van der Waals surface area contributed by atoms with Gasteiger partial charge in [-0.25, -0.2) is 4.39 Å². The molecule has 0 bridgehead atoms. The molecule has 0 amide bonds. The molecule has 94 valence electrons. The number of nitrogens with one attached hydrogen (secondary N) is 1. The summed E-state index contributed by atoms with van der Waals surface area (Å²) in [7, 11) is 0. The van der Waals surface area contributed by atoms with E-state index in [1.807, 2.05) is 13.0 Å². The largest absolute Gasteiger partial charge is 0.314 e. The van der Waals surface area contributed by atoms with Crippen LogP contribution < -0.4 is 5.32 Å². The molecule has 1 N–H and O–H groups in total. The molecule has 1 saturated carbocycles. The van der Waals surface area contributed by atoms with Crippen molar-refractivity contribution in [3.05, 3.63) is 35.1 Å². The summed E-state index contributed by atoms with van der Waals surface area (Å²) in [4.78, 5) is 0. The van der Waals surface area contributed by atoms with Crippen LogP contribution in [-0.4, -0.2) is 12.6 Å². The summed E-state index contributed by atoms with van der Waals surface area (Å²) in [6, 6.07) is 5.69. The minimum absolute atomic E-state index is 0.131. The van der Waals surface area contributed by atoms with E-state index in [-0.39, 0.29) is 5.82 Å². The molecule has 0 aliphatic heterocycles. The predicted molar refractivity (Wildman–Crippen MR) is 69.6 cm³/mol. The summed E-state index contributed by atoms with van der Waals surface area (Å²) < 4.78 is 13.0. The maximum absolute atomic E-state index is 13.0. The van der Waals surface area contributed by atoms with Gasteiger partial charge in [0.15, 0.2) is 0 Å². The minimum atomic E-state index is -0.131. The molecule has 0 radical (unpaired) electrons. The quantitative estimate of drug-likeness (QED) is 0.796. The molecular weight excluding hydrogens is 213 g/mol. The van der Waals surface area contributed by atoms with E-state index in [0.717, 1.165) is 24.4 Å². The van der Waals surface area contributed by atoms with Gasteiger partial charge in [-0.1, -0.05) is 25.8 Å². The lowest BCUT2D eigenvalue weighted by Gasteiger charge is -2.19. The maximum atomic E-state index is 13.0. The monoisotopic (exact) mass is 235 g/mol. The molecule has 1 aliphatic carbocycles. The second-order valence-corrected chi connectivity index (χ2v) is 5.21. The third-order valence-electron chi connectivity index (χ3n) is 3.58. The summed E-state index contributed by atoms with van der Waals surface area (Å²) >= 11 is 0. The number of hydrogen-bond acceptors (Lipinski definition) is 1. The summed E-state index contributed by atoms with van der Waals surface area (Å²) in [5.41, 5.74) is 2.35. The van der Waals surface area contributed by atoms with Gasteiger partial charge >= 0.3 is 0 Å². The fourth-order valence-corrected chi connectivity index (χ4v) is 2.44. The van der Waals surface area contributed by atoms with Crippen molar-refractivity contribution in [3.63, 3.8) is 0 Å². The molecule has 1 atom stereocenters. The van der Waals surface area contributed by atoms with Crippen LogP contribution in [0.4, 0.5) is 4.39 Å². The van der Waals surface area contributed by atoms with Gasteiger partial charge in [-0.2, -0.15) is 0 Å². The Hall–Kier alpha value is -0.890. The number of benzene rings is 1. The van der Waals surface area contributed by atoms with E-state index in [1.165, 1.54) is 24.8 Å². The van der Waals surface area contributed by atoms with E-state index in [9.17, 15) is 4.39 Å².